The Labute approximate surface area is 226 Å². The number of carboxylic acids is 1. The lowest BCUT2D eigenvalue weighted by atomic mass is 9.82. The van der Waals surface area contributed by atoms with Gasteiger partial charge in [0, 0.05) is 24.8 Å². The number of thiol groups is 1. The van der Waals surface area contributed by atoms with Crippen LogP contribution < -0.4 is 4.74 Å². The van der Waals surface area contributed by atoms with Gasteiger partial charge in [-0.2, -0.15) is 0 Å². The van der Waals surface area contributed by atoms with Crippen LogP contribution in [0.4, 0.5) is 0 Å². The summed E-state index contributed by atoms with van der Waals surface area (Å²) in [5, 5.41) is 10.0. The van der Waals surface area contributed by atoms with E-state index in [-0.39, 0.29) is 0 Å². The lowest BCUT2D eigenvalue weighted by Crippen LogP contribution is -2.57. The molecule has 5 atom stereocenters. The molecule has 1 N–H and O–H groups in total. The second-order valence-corrected chi connectivity index (χ2v) is 10.3. The maximum Gasteiger partial charge on any atom is 0.303 e. The zero-order valence-corrected chi connectivity index (χ0v) is 22.8. The number of benzene rings is 2. The van der Waals surface area contributed by atoms with Gasteiger partial charge >= 0.3 is 17.9 Å². The summed E-state index contributed by atoms with van der Waals surface area (Å²) in [5.74, 6) is -2.53. The van der Waals surface area contributed by atoms with Crippen molar-refractivity contribution in [1.82, 2.24) is 0 Å². The average molecular weight is 551 g/mol. The van der Waals surface area contributed by atoms with E-state index in [9.17, 15) is 19.5 Å². The molecule has 0 spiro atoms. The third-order valence-electron chi connectivity index (χ3n) is 6.10. The van der Waals surface area contributed by atoms with Crippen LogP contribution in [0.25, 0.3) is 0 Å². The Hall–Kier alpha value is -2.75. The van der Waals surface area contributed by atoms with Gasteiger partial charge in [0.25, 0.3) is 0 Å². The molecule has 1 saturated heterocycles. The van der Waals surface area contributed by atoms with E-state index in [0.29, 0.717) is 23.6 Å². The Kier molecular flexibility index (Phi) is 9.50. The number of aliphatic carboxylic acids is 1. The van der Waals surface area contributed by atoms with Crippen molar-refractivity contribution >= 4 is 42.1 Å². The molecule has 200 valence electrons. The zero-order chi connectivity index (χ0) is 27.3. The summed E-state index contributed by atoms with van der Waals surface area (Å²) >= 11 is 11.1. The number of halogens is 1. The number of hydrogen-bond acceptors (Lipinski definition) is 8. The fourth-order valence-electron chi connectivity index (χ4n) is 4.53. The number of carbonyl (C=O) groups excluding carboxylic acids is 2. The van der Waals surface area contributed by atoms with Crippen molar-refractivity contribution in [2.45, 2.75) is 63.8 Å². The maximum absolute atomic E-state index is 12.1. The summed E-state index contributed by atoms with van der Waals surface area (Å²) < 4.78 is 22.9. The molecule has 10 heteroatoms. The monoisotopic (exact) mass is 550 g/mol. The van der Waals surface area contributed by atoms with Gasteiger partial charge in [0.2, 0.25) is 0 Å². The van der Waals surface area contributed by atoms with Crippen molar-refractivity contribution in [3.8, 4) is 5.75 Å². The Bertz CT molecular complexity index is 1130. The van der Waals surface area contributed by atoms with Crippen LogP contribution in [-0.2, 0) is 35.0 Å². The van der Waals surface area contributed by atoms with Gasteiger partial charge in [0.15, 0.2) is 6.10 Å². The normalized spacial score (nSPS) is 25.2. The number of carbonyl (C=O) groups is 3. The number of esters is 2. The molecule has 0 bridgehead atoms. The number of carboxylic acid groups (broad SMARTS) is 1. The zero-order valence-electron chi connectivity index (χ0n) is 21.1. The van der Waals surface area contributed by atoms with Gasteiger partial charge < -0.3 is 24.1 Å². The lowest BCUT2D eigenvalue weighted by Gasteiger charge is -2.49. The predicted molar refractivity (Wildman–Crippen MR) is 140 cm³/mol. The van der Waals surface area contributed by atoms with Gasteiger partial charge in [0.05, 0.1) is 13.0 Å². The molecule has 0 aromatic heterocycles. The number of rotatable bonds is 9. The quantitative estimate of drug-likeness (QED) is 0.332. The van der Waals surface area contributed by atoms with Crippen molar-refractivity contribution in [1.29, 1.82) is 0 Å². The highest BCUT2D eigenvalue weighted by atomic mass is 35.5. The summed E-state index contributed by atoms with van der Waals surface area (Å²) in [4.78, 5) is 34.4. The summed E-state index contributed by atoms with van der Waals surface area (Å²) in [6.07, 6.45) is -3.02. The van der Waals surface area contributed by atoms with Gasteiger partial charge in [-0.05, 0) is 55.2 Å². The molecule has 2 aromatic carbocycles. The summed E-state index contributed by atoms with van der Waals surface area (Å²) in [7, 11) is 0. The number of ether oxygens (including phenoxy) is 4. The first-order chi connectivity index (χ1) is 17.4. The average Bonchev–Trinajstić information content (AvgIpc) is 2.80. The van der Waals surface area contributed by atoms with Crippen LogP contribution in [0, 0.1) is 5.92 Å². The fraction of sp³-hybridized carbons (Fsp3) is 0.444. The van der Waals surface area contributed by atoms with Crippen LogP contribution in [0.2, 0.25) is 5.02 Å². The molecule has 0 amide bonds. The molecule has 0 unspecified atom stereocenters. The molecule has 1 aliphatic rings. The topological polar surface area (TPSA) is 108 Å². The Morgan fingerprint density at radius 1 is 1.05 bits per heavy atom. The first kappa shape index (κ1) is 28.8. The van der Waals surface area contributed by atoms with E-state index in [1.807, 2.05) is 37.3 Å². The second kappa shape index (κ2) is 12.2. The largest absolute Gasteiger partial charge is 0.494 e. The van der Waals surface area contributed by atoms with Crippen LogP contribution in [-0.4, -0.2) is 46.8 Å². The van der Waals surface area contributed by atoms with E-state index in [4.69, 9.17) is 30.5 Å². The molecule has 1 aliphatic heterocycles. The molecule has 8 nitrogen and oxygen atoms in total. The Balaban J connectivity index is 2.01. The maximum atomic E-state index is 12.1. The highest BCUT2D eigenvalue weighted by molar-refractivity contribution is 7.81. The molecule has 3 rings (SSSR count). The third-order valence-corrected chi connectivity index (χ3v) is 6.90. The van der Waals surface area contributed by atoms with E-state index in [1.54, 1.807) is 19.1 Å². The highest BCUT2D eigenvalue weighted by Crippen LogP contribution is 2.47. The molecule has 0 radical (unpaired) electrons. The van der Waals surface area contributed by atoms with Crippen LogP contribution in [0.15, 0.2) is 42.5 Å². The SMILES string of the molecule is CCOc1ccc(Cc2cc([C@@H]3O[C@](C)(S)[C@@H](CC(=O)O)[C@@H](OC(C)=O)[C@@H]3OC(C)=O)ccc2Cl)cc1. The summed E-state index contributed by atoms with van der Waals surface area (Å²) in [5.41, 5.74) is 2.41. The van der Waals surface area contributed by atoms with Crippen LogP contribution in [0.1, 0.15) is 56.9 Å². The van der Waals surface area contributed by atoms with Crippen molar-refractivity contribution in [2.75, 3.05) is 6.61 Å². The van der Waals surface area contributed by atoms with Crippen LogP contribution in [0.5, 0.6) is 5.75 Å². The minimum absolute atomic E-state index is 0.411. The smallest absolute Gasteiger partial charge is 0.303 e. The Morgan fingerprint density at radius 3 is 2.24 bits per heavy atom. The third kappa shape index (κ3) is 7.40. The molecule has 37 heavy (non-hydrogen) atoms. The van der Waals surface area contributed by atoms with E-state index < -0.39 is 53.5 Å². The van der Waals surface area contributed by atoms with Crippen molar-refractivity contribution in [2.24, 2.45) is 5.92 Å². The van der Waals surface area contributed by atoms with E-state index in [0.717, 1.165) is 16.9 Å². The predicted octanol–water partition coefficient (Wildman–Crippen LogP) is 5.00. The minimum Gasteiger partial charge on any atom is -0.494 e. The van der Waals surface area contributed by atoms with Crippen molar-refractivity contribution in [3.63, 3.8) is 0 Å². The van der Waals surface area contributed by atoms with Gasteiger partial charge in [-0.15, -0.1) is 12.6 Å². The molecular formula is C27H31ClO8S. The van der Waals surface area contributed by atoms with Gasteiger partial charge in [-0.3, -0.25) is 14.4 Å². The molecule has 0 aliphatic carbocycles. The molecule has 2 aromatic rings. The van der Waals surface area contributed by atoms with Gasteiger partial charge in [-0.1, -0.05) is 35.9 Å². The molecule has 1 fully saturated rings. The lowest BCUT2D eigenvalue weighted by molar-refractivity contribution is -0.234. The van der Waals surface area contributed by atoms with Crippen LogP contribution in [0.3, 0.4) is 0 Å². The van der Waals surface area contributed by atoms with E-state index in [2.05, 4.69) is 12.6 Å². The summed E-state index contributed by atoms with van der Waals surface area (Å²) in [6, 6.07) is 13.0. The highest BCUT2D eigenvalue weighted by Gasteiger charge is 2.55. The second-order valence-electron chi connectivity index (χ2n) is 9.05. The minimum atomic E-state index is -1.32. The summed E-state index contributed by atoms with van der Waals surface area (Å²) in [6.45, 7) is 6.53. The van der Waals surface area contributed by atoms with Crippen molar-refractivity contribution < 1.29 is 38.4 Å². The first-order valence-electron chi connectivity index (χ1n) is 11.9. The standard InChI is InChI=1S/C27H31ClO8S/c1-5-33-20-9-6-17(7-10-20)12-19-13-18(8-11-22(19)28)24-26(35-16(3)30)25(34-15(2)29)21(14-23(31)32)27(4,37)36-24/h6-11,13,21,24-26,37H,5,12,14H2,1-4H3,(H,31,32)/t21-,24-,25+,26+,27+/m0/s1. The molecule has 1 heterocycles. The molecule has 0 saturated carbocycles. The number of hydrogen-bond donors (Lipinski definition) is 2. The van der Waals surface area contributed by atoms with E-state index in [1.165, 1.54) is 13.8 Å². The first-order valence-corrected chi connectivity index (χ1v) is 12.7. The molecular weight excluding hydrogens is 520 g/mol. The van der Waals surface area contributed by atoms with Crippen molar-refractivity contribution in [3.05, 3.63) is 64.2 Å². The Morgan fingerprint density at radius 2 is 1.68 bits per heavy atom. The van der Waals surface area contributed by atoms with E-state index >= 15 is 0 Å². The fourth-order valence-corrected chi connectivity index (χ4v) is 5.06. The van der Waals surface area contributed by atoms with Gasteiger partial charge in [0.1, 0.15) is 22.9 Å². The van der Waals surface area contributed by atoms with Gasteiger partial charge in [-0.25, -0.2) is 0 Å². The van der Waals surface area contributed by atoms with Crippen LogP contribution >= 0.6 is 24.2 Å².